The molecule has 0 bridgehead atoms. The van der Waals surface area contributed by atoms with E-state index < -0.39 is 0 Å². The highest BCUT2D eigenvalue weighted by Crippen LogP contribution is 2.20. The van der Waals surface area contributed by atoms with Crippen molar-refractivity contribution in [2.24, 2.45) is 0 Å². The molecule has 160 valence electrons. The van der Waals surface area contributed by atoms with Crippen LogP contribution in [0.5, 0.6) is 0 Å². The second-order valence-corrected chi connectivity index (χ2v) is 7.42. The van der Waals surface area contributed by atoms with Crippen LogP contribution in [0.4, 0.5) is 0 Å². The van der Waals surface area contributed by atoms with E-state index in [4.69, 9.17) is 9.72 Å². The Kier molecular flexibility index (Phi) is 5.34. The molecule has 0 unspecified atom stereocenters. The highest BCUT2D eigenvalue weighted by Gasteiger charge is 2.12. The van der Waals surface area contributed by atoms with E-state index in [1.165, 1.54) is 0 Å². The lowest BCUT2D eigenvalue weighted by Gasteiger charge is -2.06. The molecule has 10 nitrogen and oxygen atoms in total. The molecule has 0 spiro atoms. The van der Waals surface area contributed by atoms with E-state index in [9.17, 15) is 0 Å². The number of aryl methyl sites for hydroxylation is 1. The first-order chi connectivity index (χ1) is 15.7. The Balaban J connectivity index is 1.43. The van der Waals surface area contributed by atoms with Crippen LogP contribution in [0.3, 0.4) is 0 Å². The van der Waals surface area contributed by atoms with Crippen LogP contribution in [-0.4, -0.2) is 58.4 Å². The Morgan fingerprint density at radius 1 is 1.00 bits per heavy atom. The molecule has 0 saturated heterocycles. The van der Waals surface area contributed by atoms with Crippen molar-refractivity contribution in [1.29, 1.82) is 0 Å². The Bertz CT molecular complexity index is 1360. The van der Waals surface area contributed by atoms with Crippen LogP contribution in [0.15, 0.2) is 55.2 Å². The lowest BCUT2D eigenvalue weighted by molar-refractivity contribution is 0.183. The summed E-state index contributed by atoms with van der Waals surface area (Å²) in [7, 11) is 1.67. The Hall–Kier alpha value is -4.05. The van der Waals surface area contributed by atoms with E-state index in [-0.39, 0.29) is 0 Å². The molecule has 0 radical (unpaired) electrons. The van der Waals surface area contributed by atoms with Crippen molar-refractivity contribution in [1.82, 2.24) is 44.7 Å². The normalized spacial score (nSPS) is 11.3. The summed E-state index contributed by atoms with van der Waals surface area (Å²) in [6, 6.07) is 8.06. The van der Waals surface area contributed by atoms with E-state index in [0.717, 1.165) is 22.3 Å². The van der Waals surface area contributed by atoms with Gasteiger partial charge in [-0.2, -0.15) is 5.10 Å². The van der Waals surface area contributed by atoms with Gasteiger partial charge in [0.25, 0.3) is 0 Å². The van der Waals surface area contributed by atoms with Crippen molar-refractivity contribution in [3.05, 3.63) is 66.4 Å². The third kappa shape index (κ3) is 4.08. The smallest absolute Gasteiger partial charge is 0.221 e. The maximum Gasteiger partial charge on any atom is 0.221 e. The van der Waals surface area contributed by atoms with Crippen LogP contribution < -0.4 is 0 Å². The summed E-state index contributed by atoms with van der Waals surface area (Å²) >= 11 is 0. The van der Waals surface area contributed by atoms with Crippen molar-refractivity contribution < 1.29 is 4.74 Å². The van der Waals surface area contributed by atoms with E-state index in [1.807, 2.05) is 48.4 Å². The number of benzene rings is 1. The predicted octanol–water partition coefficient (Wildman–Crippen LogP) is 2.54. The number of ether oxygens (including phenoxy) is 1. The average Bonchev–Trinajstić information content (AvgIpc) is 3.45. The van der Waals surface area contributed by atoms with Gasteiger partial charge in [-0.15, -0.1) is 5.10 Å². The van der Waals surface area contributed by atoms with Gasteiger partial charge in [-0.25, -0.2) is 24.6 Å². The van der Waals surface area contributed by atoms with Gasteiger partial charge in [0.2, 0.25) is 5.65 Å². The zero-order valence-electron chi connectivity index (χ0n) is 17.8. The second-order valence-electron chi connectivity index (χ2n) is 7.42. The van der Waals surface area contributed by atoms with Gasteiger partial charge in [-0.05, 0) is 24.1 Å². The van der Waals surface area contributed by atoms with Crippen LogP contribution in [0.1, 0.15) is 11.1 Å². The Morgan fingerprint density at radius 2 is 1.88 bits per heavy atom. The van der Waals surface area contributed by atoms with Crippen molar-refractivity contribution in [3.8, 4) is 22.6 Å². The molecule has 0 fully saturated rings. The summed E-state index contributed by atoms with van der Waals surface area (Å²) in [5.41, 5.74) is 5.72. The maximum absolute atomic E-state index is 5.11. The highest BCUT2D eigenvalue weighted by molar-refractivity contribution is 5.69. The topological polar surface area (TPSA) is 109 Å². The van der Waals surface area contributed by atoms with Gasteiger partial charge in [0.1, 0.15) is 0 Å². The van der Waals surface area contributed by atoms with Crippen molar-refractivity contribution in [3.63, 3.8) is 0 Å². The minimum absolute atomic E-state index is 0.499. The SMILES string of the molecule is COCCn1cc(-c2cnc3nnn(Cc4cccc(-c5ncc(C)cn5)c4)c3n2)cn1. The molecular weight excluding hydrogens is 406 g/mol. The molecule has 5 rings (SSSR count). The number of hydrogen-bond acceptors (Lipinski definition) is 8. The van der Waals surface area contributed by atoms with Crippen LogP contribution in [0, 0.1) is 6.92 Å². The van der Waals surface area contributed by atoms with Crippen LogP contribution in [-0.2, 0) is 17.8 Å². The quantitative estimate of drug-likeness (QED) is 0.390. The molecule has 5 aromatic rings. The summed E-state index contributed by atoms with van der Waals surface area (Å²) in [4.78, 5) is 18.0. The molecule has 0 aliphatic carbocycles. The van der Waals surface area contributed by atoms with Crippen LogP contribution in [0.25, 0.3) is 33.9 Å². The van der Waals surface area contributed by atoms with E-state index in [0.29, 0.717) is 42.5 Å². The molecule has 0 atom stereocenters. The number of rotatable bonds is 7. The molecule has 4 heterocycles. The largest absolute Gasteiger partial charge is 0.383 e. The summed E-state index contributed by atoms with van der Waals surface area (Å²) in [6.45, 7) is 3.74. The summed E-state index contributed by atoms with van der Waals surface area (Å²) in [5.74, 6) is 0.688. The van der Waals surface area contributed by atoms with Gasteiger partial charge in [0, 0.05) is 36.8 Å². The molecular formula is C22H21N9O. The van der Waals surface area contributed by atoms with E-state index in [2.05, 4.69) is 36.4 Å². The molecule has 0 saturated carbocycles. The van der Waals surface area contributed by atoms with Gasteiger partial charge in [0.05, 0.1) is 37.8 Å². The zero-order valence-corrected chi connectivity index (χ0v) is 17.8. The van der Waals surface area contributed by atoms with Gasteiger partial charge < -0.3 is 4.74 Å². The van der Waals surface area contributed by atoms with E-state index in [1.54, 1.807) is 24.2 Å². The fraction of sp³-hybridized carbons (Fsp3) is 0.227. The predicted molar refractivity (Wildman–Crippen MR) is 118 cm³/mol. The molecule has 0 N–H and O–H groups in total. The standard InChI is InChI=1S/C22H21N9O/c1-15-9-23-20(24-10-15)17-5-3-4-16(8-17)13-31-22-21(28-29-31)25-12-19(27-22)18-11-26-30(14-18)6-7-32-2/h3-5,8-12,14H,6-7,13H2,1-2H3. The highest BCUT2D eigenvalue weighted by atomic mass is 16.5. The summed E-state index contributed by atoms with van der Waals surface area (Å²) in [6.07, 6.45) is 9.01. The Labute approximate surface area is 184 Å². The maximum atomic E-state index is 5.11. The van der Waals surface area contributed by atoms with Crippen molar-refractivity contribution in [2.75, 3.05) is 13.7 Å². The third-order valence-electron chi connectivity index (χ3n) is 4.98. The van der Waals surface area contributed by atoms with Crippen molar-refractivity contribution in [2.45, 2.75) is 20.0 Å². The number of aromatic nitrogens is 9. The first-order valence-corrected chi connectivity index (χ1v) is 10.2. The van der Waals surface area contributed by atoms with E-state index >= 15 is 0 Å². The van der Waals surface area contributed by atoms with Crippen LogP contribution >= 0.6 is 0 Å². The summed E-state index contributed by atoms with van der Waals surface area (Å²) in [5, 5.41) is 12.8. The molecule has 0 aliphatic rings. The lowest BCUT2D eigenvalue weighted by atomic mass is 10.1. The minimum Gasteiger partial charge on any atom is -0.383 e. The fourth-order valence-electron chi connectivity index (χ4n) is 3.33. The number of fused-ring (bicyclic) bond motifs is 1. The number of hydrogen-bond donors (Lipinski definition) is 0. The molecule has 10 heteroatoms. The fourth-order valence-corrected chi connectivity index (χ4v) is 3.33. The molecule has 1 aromatic carbocycles. The molecule has 0 aliphatic heterocycles. The number of methoxy groups -OCH3 is 1. The molecule has 4 aromatic heterocycles. The minimum atomic E-state index is 0.499. The Morgan fingerprint density at radius 3 is 2.72 bits per heavy atom. The second kappa shape index (κ2) is 8.60. The average molecular weight is 427 g/mol. The molecule has 0 amide bonds. The monoisotopic (exact) mass is 427 g/mol. The molecule has 32 heavy (non-hydrogen) atoms. The van der Waals surface area contributed by atoms with Crippen LogP contribution in [0.2, 0.25) is 0 Å². The first-order valence-electron chi connectivity index (χ1n) is 10.2. The van der Waals surface area contributed by atoms with Gasteiger partial charge >= 0.3 is 0 Å². The number of nitrogens with zero attached hydrogens (tertiary/aromatic N) is 9. The zero-order chi connectivity index (χ0) is 21.9. The lowest BCUT2D eigenvalue weighted by Crippen LogP contribution is -2.04. The first kappa shape index (κ1) is 19.9. The van der Waals surface area contributed by atoms with Gasteiger partial charge in [-0.1, -0.05) is 23.4 Å². The third-order valence-corrected chi connectivity index (χ3v) is 4.98. The van der Waals surface area contributed by atoms with Gasteiger partial charge in [0.15, 0.2) is 11.5 Å². The van der Waals surface area contributed by atoms with Crippen molar-refractivity contribution >= 4 is 11.3 Å². The summed E-state index contributed by atoms with van der Waals surface area (Å²) < 4.78 is 8.67. The van der Waals surface area contributed by atoms with Gasteiger partial charge in [-0.3, -0.25) is 4.68 Å².